The van der Waals surface area contributed by atoms with E-state index in [-0.39, 0.29) is 13.2 Å². The second-order valence-electron chi connectivity index (χ2n) is 1.51. The Morgan fingerprint density at radius 2 is 2.50 bits per heavy atom. The number of nitrogens with zero attached hydrogens (tertiary/aromatic N) is 1. The monoisotopic (exact) mass is 145 g/mol. The summed E-state index contributed by atoms with van der Waals surface area (Å²) in [6.07, 6.45) is 1.07. The van der Waals surface area contributed by atoms with Gasteiger partial charge >= 0.3 is 5.97 Å². The third kappa shape index (κ3) is 5.24. The molecule has 0 aliphatic heterocycles. The minimum Gasteiger partial charge on any atom is -0.462 e. The molecule has 0 aromatic carbocycles. The Bertz CT molecular complexity index is 122. The van der Waals surface area contributed by atoms with Gasteiger partial charge in [-0.05, 0) is 6.92 Å². The number of aliphatic imine (C=N–C) groups is 1. The topological polar surface area (TPSA) is 58.9 Å². The first-order valence-corrected chi connectivity index (χ1v) is 3.08. The molecule has 58 valence electrons. The van der Waals surface area contributed by atoms with Crippen molar-refractivity contribution in [1.82, 2.24) is 0 Å². The zero-order chi connectivity index (χ0) is 7.82. The van der Waals surface area contributed by atoms with Crippen molar-refractivity contribution in [2.45, 2.75) is 6.92 Å². The van der Waals surface area contributed by atoms with Crippen LogP contribution in [0, 0.1) is 0 Å². The minimum absolute atomic E-state index is 0.0457. The smallest absolute Gasteiger partial charge is 0.348 e. The van der Waals surface area contributed by atoms with Crippen LogP contribution in [0.4, 0.5) is 0 Å². The molecule has 0 amide bonds. The normalized spacial score (nSPS) is 10.2. The van der Waals surface area contributed by atoms with Crippen molar-refractivity contribution in [3.05, 3.63) is 0 Å². The van der Waals surface area contributed by atoms with Crippen molar-refractivity contribution < 1.29 is 14.6 Å². The van der Waals surface area contributed by atoms with Crippen LogP contribution in [0.3, 0.4) is 0 Å². The maximum atomic E-state index is 10.5. The summed E-state index contributed by atoms with van der Waals surface area (Å²) in [4.78, 5) is 14.0. The molecule has 0 spiro atoms. The first-order valence-electron chi connectivity index (χ1n) is 3.08. The van der Waals surface area contributed by atoms with Crippen molar-refractivity contribution in [1.29, 1.82) is 0 Å². The molecule has 10 heavy (non-hydrogen) atoms. The molecule has 0 rings (SSSR count). The van der Waals surface area contributed by atoms with Crippen molar-refractivity contribution in [3.63, 3.8) is 0 Å². The summed E-state index contributed by atoms with van der Waals surface area (Å²) in [5.74, 6) is -0.462. The number of rotatable bonds is 4. The molecule has 0 unspecified atom stereocenters. The van der Waals surface area contributed by atoms with Gasteiger partial charge in [0.25, 0.3) is 0 Å². The van der Waals surface area contributed by atoms with Crippen LogP contribution >= 0.6 is 0 Å². The SMILES string of the molecule is CCOC(=O)/C=N/CCO. The highest BCUT2D eigenvalue weighted by Crippen LogP contribution is 1.73. The fraction of sp³-hybridized carbons (Fsp3) is 0.667. The van der Waals surface area contributed by atoms with Crippen LogP contribution in [-0.4, -0.2) is 37.0 Å². The summed E-state index contributed by atoms with van der Waals surface area (Å²) in [5.41, 5.74) is 0. The maximum absolute atomic E-state index is 10.5. The molecule has 0 radical (unpaired) electrons. The van der Waals surface area contributed by atoms with Gasteiger partial charge < -0.3 is 9.84 Å². The molecule has 0 heterocycles. The highest BCUT2D eigenvalue weighted by atomic mass is 16.5. The molecule has 0 saturated heterocycles. The molecule has 0 aliphatic rings. The van der Waals surface area contributed by atoms with Gasteiger partial charge in [-0.3, -0.25) is 4.99 Å². The molecule has 0 atom stereocenters. The molecule has 0 bridgehead atoms. The van der Waals surface area contributed by atoms with Gasteiger partial charge in [-0.2, -0.15) is 0 Å². The van der Waals surface area contributed by atoms with Gasteiger partial charge in [0.05, 0.1) is 19.8 Å². The van der Waals surface area contributed by atoms with E-state index in [0.29, 0.717) is 6.61 Å². The van der Waals surface area contributed by atoms with Crippen molar-refractivity contribution in [3.8, 4) is 0 Å². The van der Waals surface area contributed by atoms with E-state index in [0.717, 1.165) is 6.21 Å². The summed E-state index contributed by atoms with van der Waals surface area (Å²) >= 11 is 0. The number of esters is 1. The number of hydrogen-bond donors (Lipinski definition) is 1. The lowest BCUT2D eigenvalue weighted by atomic mass is 10.7. The second-order valence-corrected chi connectivity index (χ2v) is 1.51. The van der Waals surface area contributed by atoms with Gasteiger partial charge in [-0.15, -0.1) is 0 Å². The van der Waals surface area contributed by atoms with E-state index < -0.39 is 5.97 Å². The van der Waals surface area contributed by atoms with Crippen LogP contribution in [0.5, 0.6) is 0 Å². The number of ether oxygens (including phenoxy) is 1. The van der Waals surface area contributed by atoms with E-state index in [1.165, 1.54) is 0 Å². The van der Waals surface area contributed by atoms with Gasteiger partial charge in [0.1, 0.15) is 6.21 Å². The average Bonchev–Trinajstić information content (AvgIpc) is 1.89. The summed E-state index contributed by atoms with van der Waals surface area (Å²) < 4.78 is 4.52. The molecule has 0 aromatic rings. The quantitative estimate of drug-likeness (QED) is 0.433. The summed E-state index contributed by atoms with van der Waals surface area (Å²) in [6, 6.07) is 0. The Morgan fingerprint density at radius 1 is 1.80 bits per heavy atom. The molecule has 4 nitrogen and oxygen atoms in total. The highest BCUT2D eigenvalue weighted by Gasteiger charge is 1.91. The molecule has 0 fully saturated rings. The van der Waals surface area contributed by atoms with Crippen LogP contribution in [0.2, 0.25) is 0 Å². The van der Waals surface area contributed by atoms with Crippen LogP contribution in [-0.2, 0) is 9.53 Å². The van der Waals surface area contributed by atoms with Crippen LogP contribution in [0.15, 0.2) is 4.99 Å². The first kappa shape index (κ1) is 9.10. The number of carbonyl (C=O) groups excluding carboxylic acids is 1. The minimum atomic E-state index is -0.462. The van der Waals surface area contributed by atoms with E-state index >= 15 is 0 Å². The van der Waals surface area contributed by atoms with Crippen molar-refractivity contribution >= 4 is 12.2 Å². The number of aliphatic hydroxyl groups excluding tert-OH is 1. The average molecular weight is 145 g/mol. The largest absolute Gasteiger partial charge is 0.462 e. The van der Waals surface area contributed by atoms with Crippen LogP contribution in [0.1, 0.15) is 6.92 Å². The van der Waals surface area contributed by atoms with Crippen molar-refractivity contribution in [2.75, 3.05) is 19.8 Å². The van der Waals surface area contributed by atoms with Gasteiger partial charge in [0, 0.05) is 0 Å². The lowest BCUT2D eigenvalue weighted by molar-refractivity contribution is -0.134. The number of hydrogen-bond acceptors (Lipinski definition) is 4. The highest BCUT2D eigenvalue weighted by molar-refractivity contribution is 6.23. The zero-order valence-electron chi connectivity index (χ0n) is 5.91. The third-order valence-corrected chi connectivity index (χ3v) is 0.712. The maximum Gasteiger partial charge on any atom is 0.348 e. The van der Waals surface area contributed by atoms with Gasteiger partial charge in [-0.1, -0.05) is 0 Å². The standard InChI is InChI=1S/C6H11NO3/c1-2-10-6(9)5-7-3-4-8/h5,8H,2-4H2,1H3/b7-5+. The summed E-state index contributed by atoms with van der Waals surface area (Å²) in [7, 11) is 0. The molecule has 1 N–H and O–H groups in total. The number of aliphatic hydroxyl groups is 1. The van der Waals surface area contributed by atoms with Crippen LogP contribution < -0.4 is 0 Å². The Hall–Kier alpha value is -0.900. The van der Waals surface area contributed by atoms with Crippen molar-refractivity contribution in [2.24, 2.45) is 4.99 Å². The fourth-order valence-electron chi connectivity index (χ4n) is 0.376. The molecule has 0 aromatic heterocycles. The summed E-state index contributed by atoms with van der Waals surface area (Å²) in [6.45, 7) is 2.27. The number of carbonyl (C=O) groups is 1. The predicted octanol–water partition coefficient (Wildman–Crippen LogP) is -0.387. The Labute approximate surface area is 59.5 Å². The second kappa shape index (κ2) is 6.22. The van der Waals surface area contributed by atoms with E-state index in [4.69, 9.17) is 5.11 Å². The third-order valence-electron chi connectivity index (χ3n) is 0.712. The van der Waals surface area contributed by atoms with E-state index in [1.807, 2.05) is 0 Å². The van der Waals surface area contributed by atoms with Gasteiger partial charge in [0.2, 0.25) is 0 Å². The van der Waals surface area contributed by atoms with Gasteiger partial charge in [-0.25, -0.2) is 4.79 Å². The Morgan fingerprint density at radius 3 is 3.00 bits per heavy atom. The molecular weight excluding hydrogens is 134 g/mol. The molecule has 0 aliphatic carbocycles. The van der Waals surface area contributed by atoms with Crippen LogP contribution in [0.25, 0.3) is 0 Å². The lowest BCUT2D eigenvalue weighted by Gasteiger charge is -1.92. The van der Waals surface area contributed by atoms with Gasteiger partial charge in [0.15, 0.2) is 0 Å². The zero-order valence-corrected chi connectivity index (χ0v) is 5.91. The Balaban J connectivity index is 3.36. The van der Waals surface area contributed by atoms with E-state index in [9.17, 15) is 4.79 Å². The lowest BCUT2D eigenvalue weighted by Crippen LogP contribution is -2.05. The van der Waals surface area contributed by atoms with E-state index in [1.54, 1.807) is 6.92 Å². The molecule has 4 heteroatoms. The molecule has 0 saturated carbocycles. The fourth-order valence-corrected chi connectivity index (χ4v) is 0.376. The Kier molecular flexibility index (Phi) is 5.66. The van der Waals surface area contributed by atoms with E-state index in [2.05, 4.69) is 9.73 Å². The first-order chi connectivity index (χ1) is 4.81. The predicted molar refractivity (Wildman–Crippen MR) is 37.1 cm³/mol. The molecular formula is C6H11NO3. The summed E-state index contributed by atoms with van der Waals surface area (Å²) in [5, 5.41) is 8.24.